The zero-order valence-electron chi connectivity index (χ0n) is 5.87. The Balaban J connectivity index is 2.05. The third-order valence-corrected chi connectivity index (χ3v) is 2.59. The summed E-state index contributed by atoms with van der Waals surface area (Å²) in [7, 11) is 0. The van der Waals surface area contributed by atoms with E-state index in [0.29, 0.717) is 0 Å². The van der Waals surface area contributed by atoms with Crippen molar-refractivity contribution in [3.63, 3.8) is 0 Å². The lowest BCUT2D eigenvalue weighted by molar-refractivity contribution is -0.304. The lowest BCUT2D eigenvalue weighted by atomic mass is 10.5. The van der Waals surface area contributed by atoms with Gasteiger partial charge in [0.25, 0.3) is 0 Å². The summed E-state index contributed by atoms with van der Waals surface area (Å²) in [5, 5.41) is 9.81. The van der Waals surface area contributed by atoms with E-state index in [-0.39, 0.29) is 5.25 Å². The van der Waals surface area contributed by atoms with Gasteiger partial charge in [0, 0.05) is 24.2 Å². The minimum absolute atomic E-state index is 0.374. The molecular weight excluding hydrogens is 150 g/mol. The van der Waals surface area contributed by atoms with Crippen molar-refractivity contribution < 1.29 is 9.90 Å². The summed E-state index contributed by atoms with van der Waals surface area (Å²) in [6, 6.07) is 0. The number of hydrogen-bond donors (Lipinski definition) is 0. The molecule has 1 unspecified atom stereocenters. The molecule has 0 radical (unpaired) electrons. The SMILES string of the molecule is CC(SCN1CC1)C(=O)[O-]. The third-order valence-electron chi connectivity index (χ3n) is 1.38. The molecule has 1 saturated heterocycles. The maximum absolute atomic E-state index is 10.2. The first-order valence-corrected chi connectivity index (χ1v) is 4.30. The normalized spacial score (nSPS) is 20.5. The minimum Gasteiger partial charge on any atom is -0.549 e. The third kappa shape index (κ3) is 2.58. The van der Waals surface area contributed by atoms with Gasteiger partial charge < -0.3 is 9.90 Å². The van der Waals surface area contributed by atoms with Crippen LogP contribution in [0.5, 0.6) is 0 Å². The van der Waals surface area contributed by atoms with Crippen molar-refractivity contribution >= 4 is 17.7 Å². The molecule has 0 N–H and O–H groups in total. The van der Waals surface area contributed by atoms with Gasteiger partial charge in [0.1, 0.15) is 0 Å². The van der Waals surface area contributed by atoms with Gasteiger partial charge in [0.15, 0.2) is 0 Å². The Kier molecular flexibility index (Phi) is 2.56. The van der Waals surface area contributed by atoms with E-state index < -0.39 is 5.97 Å². The first-order chi connectivity index (χ1) is 4.70. The van der Waals surface area contributed by atoms with Crippen LogP contribution in [0.4, 0.5) is 0 Å². The molecule has 0 aromatic rings. The maximum atomic E-state index is 10.2. The van der Waals surface area contributed by atoms with Gasteiger partial charge >= 0.3 is 0 Å². The average Bonchev–Trinajstić information content (AvgIpc) is 2.64. The van der Waals surface area contributed by atoms with E-state index in [0.717, 1.165) is 19.0 Å². The van der Waals surface area contributed by atoms with Crippen LogP contribution in [0, 0.1) is 0 Å². The Morgan fingerprint density at radius 3 is 2.80 bits per heavy atom. The van der Waals surface area contributed by atoms with Crippen LogP contribution in [-0.4, -0.2) is 35.1 Å². The average molecular weight is 160 g/mol. The van der Waals surface area contributed by atoms with Crippen molar-refractivity contribution in [2.45, 2.75) is 12.2 Å². The summed E-state index contributed by atoms with van der Waals surface area (Å²) in [5.41, 5.74) is 0. The molecule has 0 amide bonds. The number of carboxylic acid groups (broad SMARTS) is 1. The molecule has 0 aliphatic carbocycles. The molecule has 1 atom stereocenters. The summed E-state index contributed by atoms with van der Waals surface area (Å²) in [4.78, 5) is 12.4. The summed E-state index contributed by atoms with van der Waals surface area (Å²) >= 11 is 1.42. The molecule has 1 heterocycles. The molecule has 1 fully saturated rings. The van der Waals surface area contributed by atoms with Crippen molar-refractivity contribution in [3.8, 4) is 0 Å². The van der Waals surface area contributed by atoms with E-state index in [1.165, 1.54) is 11.8 Å². The second-order valence-electron chi connectivity index (χ2n) is 2.38. The fourth-order valence-electron chi connectivity index (χ4n) is 0.485. The smallest absolute Gasteiger partial charge is 0.0542 e. The second kappa shape index (κ2) is 3.25. The van der Waals surface area contributed by atoms with Crippen LogP contribution in [0.1, 0.15) is 6.92 Å². The molecule has 10 heavy (non-hydrogen) atoms. The van der Waals surface area contributed by atoms with Gasteiger partial charge in [-0.2, -0.15) is 0 Å². The van der Waals surface area contributed by atoms with Gasteiger partial charge in [-0.15, -0.1) is 11.8 Å². The molecule has 0 spiro atoms. The summed E-state index contributed by atoms with van der Waals surface area (Å²) < 4.78 is 0. The molecule has 0 bridgehead atoms. The Bertz CT molecular complexity index is 136. The molecule has 4 heteroatoms. The number of rotatable bonds is 4. The lowest BCUT2D eigenvalue weighted by Gasteiger charge is -2.11. The highest BCUT2D eigenvalue weighted by molar-refractivity contribution is 8.00. The highest BCUT2D eigenvalue weighted by Gasteiger charge is 2.17. The molecule has 58 valence electrons. The Labute approximate surface area is 64.4 Å². The van der Waals surface area contributed by atoms with Crippen LogP contribution < -0.4 is 5.11 Å². The van der Waals surface area contributed by atoms with E-state index in [2.05, 4.69) is 4.90 Å². The van der Waals surface area contributed by atoms with Crippen LogP contribution >= 0.6 is 11.8 Å². The minimum atomic E-state index is -0.966. The fraction of sp³-hybridized carbons (Fsp3) is 0.833. The van der Waals surface area contributed by atoms with Crippen molar-refractivity contribution in [2.75, 3.05) is 19.0 Å². The quantitative estimate of drug-likeness (QED) is 0.501. The zero-order valence-corrected chi connectivity index (χ0v) is 6.69. The van der Waals surface area contributed by atoms with E-state index in [1.807, 2.05) is 0 Å². The lowest BCUT2D eigenvalue weighted by Crippen LogP contribution is -2.31. The largest absolute Gasteiger partial charge is 0.549 e. The zero-order chi connectivity index (χ0) is 7.56. The van der Waals surface area contributed by atoms with Crippen molar-refractivity contribution in [1.82, 2.24) is 4.90 Å². The Morgan fingerprint density at radius 2 is 2.40 bits per heavy atom. The number of thioether (sulfide) groups is 1. The monoisotopic (exact) mass is 160 g/mol. The molecular formula is C6H10NO2S-. The van der Waals surface area contributed by atoms with Gasteiger partial charge in [-0.3, -0.25) is 4.90 Å². The van der Waals surface area contributed by atoms with Crippen LogP contribution in [0.3, 0.4) is 0 Å². The second-order valence-corrected chi connectivity index (χ2v) is 3.67. The van der Waals surface area contributed by atoms with Gasteiger partial charge in [-0.1, -0.05) is 0 Å². The maximum Gasteiger partial charge on any atom is 0.0542 e. The first kappa shape index (κ1) is 7.88. The molecule has 0 saturated carbocycles. The van der Waals surface area contributed by atoms with Gasteiger partial charge in [0.2, 0.25) is 0 Å². The van der Waals surface area contributed by atoms with E-state index in [9.17, 15) is 9.90 Å². The molecule has 3 nitrogen and oxygen atoms in total. The van der Waals surface area contributed by atoms with Crippen molar-refractivity contribution in [3.05, 3.63) is 0 Å². The summed E-state index contributed by atoms with van der Waals surface area (Å²) in [6.07, 6.45) is 0. The topological polar surface area (TPSA) is 43.1 Å². The van der Waals surface area contributed by atoms with Crippen LogP contribution in [0.25, 0.3) is 0 Å². The standard InChI is InChI=1S/C6H11NO2S/c1-5(6(8)9)10-4-7-2-3-7/h5H,2-4H2,1H3,(H,8,9)/p-1. The number of carboxylic acids is 1. The first-order valence-electron chi connectivity index (χ1n) is 3.25. The Hall–Kier alpha value is -0.220. The van der Waals surface area contributed by atoms with E-state index in [4.69, 9.17) is 0 Å². The molecule has 0 aromatic heterocycles. The van der Waals surface area contributed by atoms with Crippen LogP contribution in [-0.2, 0) is 4.79 Å². The number of carbonyl (C=O) groups excluding carboxylic acids is 1. The highest BCUT2D eigenvalue weighted by Crippen LogP contribution is 2.15. The van der Waals surface area contributed by atoms with Crippen molar-refractivity contribution in [2.24, 2.45) is 0 Å². The number of nitrogens with zero attached hydrogens (tertiary/aromatic N) is 1. The van der Waals surface area contributed by atoms with Gasteiger partial charge in [-0.25, -0.2) is 0 Å². The number of aliphatic carboxylic acids is 1. The summed E-state index contributed by atoms with van der Waals surface area (Å²) in [6.45, 7) is 3.89. The van der Waals surface area contributed by atoms with Gasteiger partial charge in [0.05, 0.1) is 5.97 Å². The van der Waals surface area contributed by atoms with Gasteiger partial charge in [-0.05, 0) is 6.92 Å². The molecule has 1 aliphatic heterocycles. The fourth-order valence-corrected chi connectivity index (χ4v) is 1.31. The van der Waals surface area contributed by atoms with E-state index >= 15 is 0 Å². The molecule has 0 aromatic carbocycles. The predicted octanol–water partition coefficient (Wildman–Crippen LogP) is -0.869. The van der Waals surface area contributed by atoms with E-state index in [1.54, 1.807) is 6.92 Å². The highest BCUT2D eigenvalue weighted by atomic mass is 32.2. The Morgan fingerprint density at radius 1 is 1.80 bits per heavy atom. The molecule has 1 rings (SSSR count). The number of carbonyl (C=O) groups is 1. The summed E-state index contributed by atoms with van der Waals surface area (Å²) in [5.74, 6) is -0.137. The van der Waals surface area contributed by atoms with Crippen LogP contribution in [0.2, 0.25) is 0 Å². The number of hydrogen-bond acceptors (Lipinski definition) is 4. The predicted molar refractivity (Wildman–Crippen MR) is 38.5 cm³/mol. The molecule has 1 aliphatic rings. The van der Waals surface area contributed by atoms with Crippen molar-refractivity contribution in [1.29, 1.82) is 0 Å². The van der Waals surface area contributed by atoms with Crippen LogP contribution in [0.15, 0.2) is 0 Å².